The summed E-state index contributed by atoms with van der Waals surface area (Å²) in [7, 11) is 0. The van der Waals surface area contributed by atoms with Crippen molar-refractivity contribution in [1.29, 1.82) is 0 Å². The molecule has 0 spiro atoms. The lowest BCUT2D eigenvalue weighted by Gasteiger charge is -2.32. The zero-order chi connectivity index (χ0) is 21.7. The summed E-state index contributed by atoms with van der Waals surface area (Å²) >= 11 is 1.27. The van der Waals surface area contributed by atoms with Gasteiger partial charge in [-0.2, -0.15) is 0 Å². The zero-order valence-electron chi connectivity index (χ0n) is 14.6. The summed E-state index contributed by atoms with van der Waals surface area (Å²) in [5.74, 6) is -9.86. The highest BCUT2D eigenvalue weighted by Crippen LogP contribution is 2.43. The molecule has 0 bridgehead atoms. The van der Waals surface area contributed by atoms with Gasteiger partial charge < -0.3 is 10.0 Å². The first-order valence-corrected chi connectivity index (χ1v) is 9.98. The molecule has 0 saturated carbocycles. The van der Waals surface area contributed by atoms with Crippen LogP contribution >= 0.6 is 23.1 Å². The standard InChI is InChI=1S/C18H9F5N2O3S2/c19-6-2-1-3-7-16(6)29-8(4-10(26)27)18(28)25(7)5-9-24-15-13(22)11(20)12(21)14(23)17(15)30-9/h1-3,8H,4-5H2,(H,26,27). The number of anilines is 1. The number of aliphatic carboxylic acids is 1. The fourth-order valence-electron chi connectivity index (χ4n) is 3.02. The van der Waals surface area contributed by atoms with Crippen LogP contribution in [-0.4, -0.2) is 27.2 Å². The van der Waals surface area contributed by atoms with Crippen molar-refractivity contribution in [1.82, 2.24) is 4.98 Å². The fraction of sp³-hybridized carbons (Fsp3) is 0.167. The van der Waals surface area contributed by atoms with E-state index in [0.717, 1.165) is 22.7 Å². The first kappa shape index (κ1) is 20.5. The summed E-state index contributed by atoms with van der Waals surface area (Å²) in [6.07, 6.45) is -0.576. The number of halogens is 5. The molecule has 1 aromatic heterocycles. The van der Waals surface area contributed by atoms with Gasteiger partial charge in [0.05, 0.1) is 33.5 Å². The molecule has 1 atom stereocenters. The average Bonchev–Trinajstić information content (AvgIpc) is 3.12. The van der Waals surface area contributed by atoms with Gasteiger partial charge in [-0.1, -0.05) is 6.07 Å². The van der Waals surface area contributed by atoms with Gasteiger partial charge >= 0.3 is 5.97 Å². The predicted molar refractivity (Wildman–Crippen MR) is 98.9 cm³/mol. The Morgan fingerprint density at radius 3 is 2.50 bits per heavy atom. The molecule has 12 heteroatoms. The number of hydrogen-bond donors (Lipinski definition) is 1. The zero-order valence-corrected chi connectivity index (χ0v) is 16.2. The second-order valence-corrected chi connectivity index (χ2v) is 8.55. The molecule has 1 amide bonds. The minimum absolute atomic E-state index is 0.0407. The summed E-state index contributed by atoms with van der Waals surface area (Å²) in [4.78, 5) is 28.8. The van der Waals surface area contributed by atoms with Crippen molar-refractivity contribution in [2.75, 3.05) is 4.90 Å². The molecule has 30 heavy (non-hydrogen) atoms. The summed E-state index contributed by atoms with van der Waals surface area (Å²) in [5.41, 5.74) is -0.601. The van der Waals surface area contributed by atoms with Crippen molar-refractivity contribution in [3.63, 3.8) is 0 Å². The number of carbonyl (C=O) groups is 2. The molecule has 1 aliphatic rings. The van der Waals surface area contributed by atoms with Gasteiger partial charge in [0.15, 0.2) is 23.3 Å². The quantitative estimate of drug-likeness (QED) is 0.353. The van der Waals surface area contributed by atoms with Gasteiger partial charge in [-0.3, -0.25) is 9.59 Å². The third-order valence-corrected chi connectivity index (χ3v) is 6.67. The van der Waals surface area contributed by atoms with E-state index in [9.17, 15) is 31.5 Å². The van der Waals surface area contributed by atoms with Crippen molar-refractivity contribution in [3.05, 3.63) is 52.3 Å². The smallest absolute Gasteiger partial charge is 0.305 e. The van der Waals surface area contributed by atoms with Gasteiger partial charge in [-0.25, -0.2) is 26.9 Å². The summed E-state index contributed by atoms with van der Waals surface area (Å²) in [6, 6.07) is 3.91. The van der Waals surface area contributed by atoms with Crippen LogP contribution in [0.5, 0.6) is 0 Å². The van der Waals surface area contributed by atoms with Crippen LogP contribution < -0.4 is 4.90 Å². The van der Waals surface area contributed by atoms with Gasteiger partial charge in [0.25, 0.3) is 0 Å². The Labute approximate surface area is 173 Å². The van der Waals surface area contributed by atoms with E-state index in [0.29, 0.717) is 11.3 Å². The highest BCUT2D eigenvalue weighted by atomic mass is 32.2. The molecule has 5 nitrogen and oxygen atoms in total. The van der Waals surface area contributed by atoms with E-state index < -0.39 is 69.4 Å². The monoisotopic (exact) mass is 460 g/mol. The third-order valence-electron chi connectivity index (χ3n) is 4.35. The topological polar surface area (TPSA) is 70.5 Å². The first-order chi connectivity index (χ1) is 14.2. The van der Waals surface area contributed by atoms with Gasteiger partial charge in [-0.15, -0.1) is 23.1 Å². The van der Waals surface area contributed by atoms with E-state index in [1.165, 1.54) is 12.1 Å². The minimum Gasteiger partial charge on any atom is -0.481 e. The van der Waals surface area contributed by atoms with Crippen LogP contribution in [0, 0.1) is 29.1 Å². The normalized spacial score (nSPS) is 16.2. The second-order valence-electron chi connectivity index (χ2n) is 6.26. The number of carboxylic acids is 1. The Morgan fingerprint density at radius 2 is 1.80 bits per heavy atom. The Morgan fingerprint density at radius 1 is 1.10 bits per heavy atom. The number of benzene rings is 2. The average molecular weight is 460 g/mol. The first-order valence-electron chi connectivity index (χ1n) is 8.28. The van der Waals surface area contributed by atoms with E-state index >= 15 is 0 Å². The number of fused-ring (bicyclic) bond motifs is 2. The van der Waals surface area contributed by atoms with Crippen LogP contribution in [0.25, 0.3) is 10.2 Å². The van der Waals surface area contributed by atoms with Crippen molar-refractivity contribution < 1.29 is 36.6 Å². The van der Waals surface area contributed by atoms with Crippen molar-refractivity contribution in [2.24, 2.45) is 0 Å². The Hall–Kier alpha value is -2.73. The maximum absolute atomic E-state index is 14.3. The van der Waals surface area contributed by atoms with Crippen molar-refractivity contribution in [3.8, 4) is 0 Å². The van der Waals surface area contributed by atoms with E-state index in [4.69, 9.17) is 5.11 Å². The van der Waals surface area contributed by atoms with Crippen LogP contribution in [0.15, 0.2) is 23.1 Å². The molecule has 1 unspecified atom stereocenters. The van der Waals surface area contributed by atoms with E-state index in [-0.39, 0.29) is 15.6 Å². The minimum atomic E-state index is -2.00. The van der Waals surface area contributed by atoms with Crippen LogP contribution in [0.2, 0.25) is 0 Å². The van der Waals surface area contributed by atoms with E-state index in [2.05, 4.69) is 4.98 Å². The highest BCUT2D eigenvalue weighted by Gasteiger charge is 2.37. The number of thioether (sulfide) groups is 1. The lowest BCUT2D eigenvalue weighted by Crippen LogP contribution is -2.41. The SMILES string of the molecule is O=C(O)CC1Sc2c(F)cccc2N(Cc2nc3c(F)c(F)c(F)c(F)c3s2)C1=O. The molecule has 2 heterocycles. The van der Waals surface area contributed by atoms with Gasteiger partial charge in [-0.05, 0) is 12.1 Å². The molecular weight excluding hydrogens is 451 g/mol. The molecule has 156 valence electrons. The number of aromatic nitrogens is 1. The van der Waals surface area contributed by atoms with E-state index in [1.807, 2.05) is 0 Å². The second kappa shape index (κ2) is 7.51. The number of hydrogen-bond acceptors (Lipinski definition) is 5. The number of thiazole rings is 1. The van der Waals surface area contributed by atoms with Crippen LogP contribution in [-0.2, 0) is 16.1 Å². The molecule has 0 fully saturated rings. The summed E-state index contributed by atoms with van der Waals surface area (Å²) < 4.78 is 68.6. The van der Waals surface area contributed by atoms with Crippen LogP contribution in [0.3, 0.4) is 0 Å². The fourth-order valence-corrected chi connectivity index (χ4v) is 5.22. The largest absolute Gasteiger partial charge is 0.481 e. The molecule has 4 rings (SSSR count). The number of nitrogens with zero attached hydrogens (tertiary/aromatic N) is 2. The molecule has 3 aromatic rings. The molecular formula is C18H9F5N2O3S2. The maximum Gasteiger partial charge on any atom is 0.305 e. The van der Waals surface area contributed by atoms with Gasteiger partial charge in [0.1, 0.15) is 16.3 Å². The molecule has 2 aromatic carbocycles. The lowest BCUT2D eigenvalue weighted by atomic mass is 10.2. The number of rotatable bonds is 4. The van der Waals surface area contributed by atoms with Gasteiger partial charge in [0.2, 0.25) is 5.91 Å². The maximum atomic E-state index is 14.3. The molecule has 0 aliphatic carbocycles. The number of amides is 1. The molecule has 1 aliphatic heterocycles. The van der Waals surface area contributed by atoms with Crippen molar-refractivity contribution in [2.45, 2.75) is 23.1 Å². The summed E-state index contributed by atoms with van der Waals surface area (Å²) in [5, 5.41) is 7.84. The Balaban J connectivity index is 1.79. The van der Waals surface area contributed by atoms with Gasteiger partial charge in [0, 0.05) is 0 Å². The van der Waals surface area contributed by atoms with Crippen LogP contribution in [0.4, 0.5) is 27.6 Å². The Kier molecular flexibility index (Phi) is 5.14. The molecule has 1 N–H and O–H groups in total. The lowest BCUT2D eigenvalue weighted by molar-refractivity contribution is -0.138. The highest BCUT2D eigenvalue weighted by molar-refractivity contribution is 8.01. The summed E-state index contributed by atoms with van der Waals surface area (Å²) in [6.45, 7) is -0.395. The molecule has 0 saturated heterocycles. The Bertz CT molecular complexity index is 1170. The number of carbonyl (C=O) groups excluding carboxylic acids is 1. The third kappa shape index (κ3) is 3.29. The van der Waals surface area contributed by atoms with E-state index in [1.54, 1.807) is 0 Å². The predicted octanol–water partition coefficient (Wildman–Crippen LogP) is 4.47. The number of carboxylic acid groups (broad SMARTS) is 1. The van der Waals surface area contributed by atoms with Crippen LogP contribution in [0.1, 0.15) is 11.4 Å². The van der Waals surface area contributed by atoms with Crippen molar-refractivity contribution >= 4 is 50.9 Å². The molecule has 0 radical (unpaired) electrons.